The molecule has 4 heteroatoms. The first-order valence-corrected chi connectivity index (χ1v) is 5.57. The molecule has 2 bridgehead atoms. The molecule has 2 rings (SSSR count). The number of primary amides is 1. The summed E-state index contributed by atoms with van der Waals surface area (Å²) >= 11 is 0. The number of ether oxygens (including phenoxy) is 1. The second-order valence-corrected chi connectivity index (χ2v) is 4.41. The van der Waals surface area contributed by atoms with Gasteiger partial charge >= 0.3 is 6.09 Å². The van der Waals surface area contributed by atoms with Gasteiger partial charge in [-0.3, -0.25) is 0 Å². The molecule has 1 amide bonds. The molecule has 2 aliphatic carbocycles. The van der Waals surface area contributed by atoms with E-state index in [1.807, 2.05) is 0 Å². The van der Waals surface area contributed by atoms with E-state index < -0.39 is 6.09 Å². The molecule has 84 valence electrons. The van der Waals surface area contributed by atoms with Crippen molar-refractivity contribution in [3.05, 3.63) is 12.2 Å². The van der Waals surface area contributed by atoms with Crippen molar-refractivity contribution in [3.8, 4) is 0 Å². The Morgan fingerprint density at radius 3 is 2.93 bits per heavy atom. The van der Waals surface area contributed by atoms with Crippen LogP contribution in [0.3, 0.4) is 0 Å². The number of fused-ring (bicyclic) bond motifs is 2. The lowest BCUT2D eigenvalue weighted by Crippen LogP contribution is -2.29. The third-order valence-corrected chi connectivity index (χ3v) is 3.35. The molecule has 1 saturated carbocycles. The van der Waals surface area contributed by atoms with Gasteiger partial charge in [-0.2, -0.15) is 0 Å². The normalized spacial score (nSPS) is 32.1. The van der Waals surface area contributed by atoms with Crippen LogP contribution in [0.1, 0.15) is 12.8 Å². The molecule has 1 fully saturated rings. The van der Waals surface area contributed by atoms with Crippen LogP contribution in [0.15, 0.2) is 12.2 Å². The Morgan fingerprint density at radius 2 is 2.33 bits per heavy atom. The number of rotatable bonds is 5. The highest BCUT2D eigenvalue weighted by atomic mass is 16.5. The molecule has 15 heavy (non-hydrogen) atoms. The zero-order valence-electron chi connectivity index (χ0n) is 8.82. The van der Waals surface area contributed by atoms with Crippen molar-refractivity contribution in [3.63, 3.8) is 0 Å². The molecule has 2 aliphatic rings. The predicted molar refractivity (Wildman–Crippen MR) is 57.2 cm³/mol. The van der Waals surface area contributed by atoms with Gasteiger partial charge < -0.3 is 15.8 Å². The second kappa shape index (κ2) is 4.66. The van der Waals surface area contributed by atoms with E-state index in [0.29, 0.717) is 13.2 Å². The number of nitrogens with one attached hydrogen (secondary N) is 1. The summed E-state index contributed by atoms with van der Waals surface area (Å²) in [5.74, 6) is 2.37. The summed E-state index contributed by atoms with van der Waals surface area (Å²) in [5, 5.41) is 3.30. The smallest absolute Gasteiger partial charge is 0.404 e. The summed E-state index contributed by atoms with van der Waals surface area (Å²) in [4.78, 5) is 10.3. The van der Waals surface area contributed by atoms with Gasteiger partial charge in [0.1, 0.15) is 6.61 Å². The number of amides is 1. The summed E-state index contributed by atoms with van der Waals surface area (Å²) in [6.45, 7) is 2.08. The SMILES string of the molecule is NC(=O)OCCNCC1CC2C=CC1C2. The Balaban J connectivity index is 1.55. The van der Waals surface area contributed by atoms with E-state index in [-0.39, 0.29) is 0 Å². The highest BCUT2D eigenvalue weighted by Crippen LogP contribution is 2.42. The van der Waals surface area contributed by atoms with Crippen molar-refractivity contribution in [2.75, 3.05) is 19.7 Å². The van der Waals surface area contributed by atoms with Crippen molar-refractivity contribution in [1.82, 2.24) is 5.32 Å². The van der Waals surface area contributed by atoms with Gasteiger partial charge in [-0.15, -0.1) is 0 Å². The highest BCUT2D eigenvalue weighted by molar-refractivity contribution is 5.64. The Bertz CT molecular complexity index is 265. The van der Waals surface area contributed by atoms with Crippen LogP contribution in [0.25, 0.3) is 0 Å². The topological polar surface area (TPSA) is 64.4 Å². The number of carbonyl (C=O) groups excluding carboxylic acids is 1. The summed E-state index contributed by atoms with van der Waals surface area (Å²) in [6, 6.07) is 0. The van der Waals surface area contributed by atoms with Gasteiger partial charge in [0.25, 0.3) is 0 Å². The molecule has 4 nitrogen and oxygen atoms in total. The average Bonchev–Trinajstić information content (AvgIpc) is 2.78. The maximum atomic E-state index is 10.3. The van der Waals surface area contributed by atoms with E-state index in [1.54, 1.807) is 0 Å². The predicted octanol–water partition coefficient (Wildman–Crippen LogP) is 0.883. The molecule has 0 aromatic heterocycles. The number of hydrogen-bond acceptors (Lipinski definition) is 3. The minimum absolute atomic E-state index is 0.367. The fraction of sp³-hybridized carbons (Fsp3) is 0.727. The largest absolute Gasteiger partial charge is 0.448 e. The molecule has 0 radical (unpaired) electrons. The molecule has 0 saturated heterocycles. The van der Waals surface area contributed by atoms with Crippen molar-refractivity contribution >= 4 is 6.09 Å². The van der Waals surface area contributed by atoms with Crippen LogP contribution >= 0.6 is 0 Å². The van der Waals surface area contributed by atoms with Crippen LogP contribution in [-0.2, 0) is 4.74 Å². The first-order chi connectivity index (χ1) is 7.25. The molecule has 0 aromatic rings. The summed E-state index contributed by atoms with van der Waals surface area (Å²) in [6.07, 6.45) is 6.65. The van der Waals surface area contributed by atoms with Crippen LogP contribution in [0.4, 0.5) is 4.79 Å². The summed E-state index contributed by atoms with van der Waals surface area (Å²) in [5.41, 5.74) is 4.85. The maximum Gasteiger partial charge on any atom is 0.404 e. The Kier molecular flexibility index (Phi) is 3.26. The lowest BCUT2D eigenvalue weighted by atomic mass is 9.94. The van der Waals surface area contributed by atoms with Gasteiger partial charge in [-0.1, -0.05) is 12.2 Å². The molecule has 0 aromatic carbocycles. The van der Waals surface area contributed by atoms with Crippen LogP contribution < -0.4 is 11.1 Å². The van der Waals surface area contributed by atoms with E-state index >= 15 is 0 Å². The molecule has 0 heterocycles. The molecule has 0 spiro atoms. The van der Waals surface area contributed by atoms with Crippen LogP contribution in [0.2, 0.25) is 0 Å². The van der Waals surface area contributed by atoms with Crippen molar-refractivity contribution < 1.29 is 9.53 Å². The molecule has 3 unspecified atom stereocenters. The minimum atomic E-state index is -0.695. The van der Waals surface area contributed by atoms with Gasteiger partial charge in [0.15, 0.2) is 0 Å². The van der Waals surface area contributed by atoms with E-state index in [1.165, 1.54) is 12.8 Å². The van der Waals surface area contributed by atoms with Gasteiger partial charge in [-0.25, -0.2) is 4.79 Å². The van der Waals surface area contributed by atoms with Crippen LogP contribution in [0, 0.1) is 17.8 Å². The fourth-order valence-electron chi connectivity index (χ4n) is 2.64. The monoisotopic (exact) mass is 210 g/mol. The lowest BCUT2D eigenvalue weighted by Gasteiger charge is -2.18. The summed E-state index contributed by atoms with van der Waals surface area (Å²) < 4.78 is 4.63. The molecular formula is C11H18N2O2. The van der Waals surface area contributed by atoms with Gasteiger partial charge in [0, 0.05) is 6.54 Å². The van der Waals surface area contributed by atoms with Crippen molar-refractivity contribution in [1.29, 1.82) is 0 Å². The van der Waals surface area contributed by atoms with Crippen LogP contribution in [-0.4, -0.2) is 25.8 Å². The molecule has 3 atom stereocenters. The van der Waals surface area contributed by atoms with E-state index in [0.717, 1.165) is 24.3 Å². The fourth-order valence-corrected chi connectivity index (χ4v) is 2.64. The Morgan fingerprint density at radius 1 is 1.47 bits per heavy atom. The number of carbonyl (C=O) groups is 1. The minimum Gasteiger partial charge on any atom is -0.448 e. The standard InChI is InChI=1S/C11H18N2O2/c12-11(14)15-4-3-13-7-10-6-8-1-2-9(10)5-8/h1-2,8-10,13H,3-7H2,(H2,12,14). The first kappa shape index (κ1) is 10.5. The number of hydrogen-bond donors (Lipinski definition) is 2. The van der Waals surface area contributed by atoms with E-state index in [9.17, 15) is 4.79 Å². The summed E-state index contributed by atoms with van der Waals surface area (Å²) in [7, 11) is 0. The number of allylic oxidation sites excluding steroid dienone is 2. The van der Waals surface area contributed by atoms with E-state index in [4.69, 9.17) is 5.73 Å². The lowest BCUT2D eigenvalue weighted by molar-refractivity contribution is 0.156. The van der Waals surface area contributed by atoms with Gasteiger partial charge in [0.05, 0.1) is 0 Å². The third kappa shape index (κ3) is 2.72. The van der Waals surface area contributed by atoms with Gasteiger partial charge in [0.2, 0.25) is 0 Å². The molecule has 0 aliphatic heterocycles. The zero-order chi connectivity index (χ0) is 10.7. The zero-order valence-corrected chi connectivity index (χ0v) is 8.82. The molecule has 3 N–H and O–H groups in total. The van der Waals surface area contributed by atoms with Gasteiger partial charge in [-0.05, 0) is 37.1 Å². The average molecular weight is 210 g/mol. The van der Waals surface area contributed by atoms with E-state index in [2.05, 4.69) is 22.2 Å². The Hall–Kier alpha value is -1.03. The second-order valence-electron chi connectivity index (χ2n) is 4.41. The highest BCUT2D eigenvalue weighted by Gasteiger charge is 2.34. The number of nitrogens with two attached hydrogens (primary N) is 1. The first-order valence-electron chi connectivity index (χ1n) is 5.57. The van der Waals surface area contributed by atoms with Crippen LogP contribution in [0.5, 0.6) is 0 Å². The quantitative estimate of drug-likeness (QED) is 0.523. The maximum absolute atomic E-state index is 10.3. The van der Waals surface area contributed by atoms with Crippen molar-refractivity contribution in [2.24, 2.45) is 23.5 Å². The van der Waals surface area contributed by atoms with Crippen molar-refractivity contribution in [2.45, 2.75) is 12.8 Å². The third-order valence-electron chi connectivity index (χ3n) is 3.35. The Labute approximate surface area is 89.9 Å². The molecular weight excluding hydrogens is 192 g/mol.